The molecule has 0 aliphatic carbocycles. The maximum atomic E-state index is 14.1. The fourth-order valence-electron chi connectivity index (χ4n) is 4.39. The lowest BCUT2D eigenvalue weighted by atomic mass is 10.1. The number of methoxy groups -OCH3 is 4. The van der Waals surface area contributed by atoms with Crippen molar-refractivity contribution in [3.63, 3.8) is 0 Å². The SMILES string of the molecule is COc1ccc(OC)c(N(CC(=O)N/N=C(/C)c2cccc(NC(=O)c3ccccc3)c2)S(=O)(=O)c2ccc(OC)c(OC)c2)c1. The summed E-state index contributed by atoms with van der Waals surface area (Å²) in [6, 6.07) is 24.4. The highest BCUT2D eigenvalue weighted by atomic mass is 32.2. The molecule has 0 aromatic heterocycles. The Bertz CT molecular complexity index is 1850. The highest BCUT2D eigenvalue weighted by molar-refractivity contribution is 7.92. The van der Waals surface area contributed by atoms with Crippen LogP contribution in [0, 0.1) is 0 Å². The van der Waals surface area contributed by atoms with E-state index < -0.39 is 22.5 Å². The molecule has 0 aliphatic heterocycles. The van der Waals surface area contributed by atoms with Crippen LogP contribution in [-0.2, 0) is 14.8 Å². The summed E-state index contributed by atoms with van der Waals surface area (Å²) in [5.74, 6) is 0.0425. The van der Waals surface area contributed by atoms with Gasteiger partial charge in [0, 0.05) is 23.4 Å². The third kappa shape index (κ3) is 7.74. The van der Waals surface area contributed by atoms with E-state index in [-0.39, 0.29) is 28.0 Å². The number of anilines is 2. The van der Waals surface area contributed by atoms with Crippen molar-refractivity contribution in [2.45, 2.75) is 11.8 Å². The monoisotopic (exact) mass is 646 g/mol. The molecular formula is C33H34N4O8S. The fraction of sp³-hybridized carbons (Fsp3) is 0.182. The number of hydrazone groups is 1. The van der Waals surface area contributed by atoms with E-state index in [4.69, 9.17) is 18.9 Å². The number of benzene rings is 4. The second kappa shape index (κ2) is 14.9. The summed E-state index contributed by atoms with van der Waals surface area (Å²) in [6.07, 6.45) is 0. The molecule has 0 heterocycles. The Labute approximate surface area is 267 Å². The Hall–Kier alpha value is -5.56. The van der Waals surface area contributed by atoms with Gasteiger partial charge in [-0.1, -0.05) is 30.3 Å². The summed E-state index contributed by atoms with van der Waals surface area (Å²) < 4.78 is 50.4. The van der Waals surface area contributed by atoms with Gasteiger partial charge in [-0.2, -0.15) is 5.10 Å². The molecule has 46 heavy (non-hydrogen) atoms. The molecule has 4 rings (SSSR count). The van der Waals surface area contributed by atoms with Crippen LogP contribution in [0.2, 0.25) is 0 Å². The molecule has 240 valence electrons. The minimum absolute atomic E-state index is 0.0642. The molecule has 0 aliphatic rings. The Morgan fingerprint density at radius 3 is 2.09 bits per heavy atom. The van der Waals surface area contributed by atoms with Crippen LogP contribution < -0.4 is 34.0 Å². The zero-order valence-electron chi connectivity index (χ0n) is 25.9. The topological polar surface area (TPSA) is 145 Å². The van der Waals surface area contributed by atoms with E-state index in [9.17, 15) is 18.0 Å². The molecule has 4 aromatic rings. The molecule has 0 unspecified atom stereocenters. The van der Waals surface area contributed by atoms with Gasteiger partial charge < -0.3 is 24.3 Å². The van der Waals surface area contributed by atoms with Crippen LogP contribution in [0.1, 0.15) is 22.8 Å². The first kappa shape index (κ1) is 33.3. The van der Waals surface area contributed by atoms with Crippen molar-refractivity contribution in [3.8, 4) is 23.0 Å². The van der Waals surface area contributed by atoms with Crippen molar-refractivity contribution in [1.29, 1.82) is 0 Å². The quantitative estimate of drug-likeness (QED) is 0.157. The molecule has 2 amide bonds. The predicted molar refractivity (Wildman–Crippen MR) is 175 cm³/mol. The molecule has 0 fully saturated rings. The summed E-state index contributed by atoms with van der Waals surface area (Å²) in [5.41, 5.74) is 4.57. The summed E-state index contributed by atoms with van der Waals surface area (Å²) in [5, 5.41) is 7.03. The van der Waals surface area contributed by atoms with Crippen LogP contribution in [-0.4, -0.2) is 60.9 Å². The Morgan fingerprint density at radius 2 is 1.41 bits per heavy atom. The zero-order chi connectivity index (χ0) is 33.3. The zero-order valence-corrected chi connectivity index (χ0v) is 26.8. The van der Waals surface area contributed by atoms with Gasteiger partial charge in [-0.25, -0.2) is 13.8 Å². The van der Waals surface area contributed by atoms with E-state index in [0.717, 1.165) is 4.31 Å². The lowest BCUT2D eigenvalue weighted by Gasteiger charge is -2.26. The molecule has 4 aromatic carbocycles. The molecule has 13 heteroatoms. The fourth-order valence-corrected chi connectivity index (χ4v) is 5.83. The van der Waals surface area contributed by atoms with Gasteiger partial charge in [0.2, 0.25) is 0 Å². The second-order valence-corrected chi connectivity index (χ2v) is 11.6. The maximum absolute atomic E-state index is 14.1. The molecule has 0 saturated carbocycles. The number of nitrogens with zero attached hydrogens (tertiary/aromatic N) is 2. The van der Waals surface area contributed by atoms with Gasteiger partial charge in [-0.15, -0.1) is 0 Å². The lowest BCUT2D eigenvalue weighted by Crippen LogP contribution is -2.40. The van der Waals surface area contributed by atoms with E-state index in [2.05, 4.69) is 15.8 Å². The van der Waals surface area contributed by atoms with Crippen molar-refractivity contribution < 1.29 is 37.0 Å². The van der Waals surface area contributed by atoms with E-state index in [0.29, 0.717) is 34.0 Å². The van der Waals surface area contributed by atoms with Gasteiger partial charge in [-0.3, -0.25) is 13.9 Å². The molecule has 0 saturated heterocycles. The van der Waals surface area contributed by atoms with E-state index >= 15 is 0 Å². The molecule has 2 N–H and O–H groups in total. The van der Waals surface area contributed by atoms with E-state index in [1.807, 2.05) is 6.07 Å². The van der Waals surface area contributed by atoms with Gasteiger partial charge in [0.1, 0.15) is 18.0 Å². The predicted octanol–water partition coefficient (Wildman–Crippen LogP) is 4.71. The number of carbonyl (C=O) groups is 2. The van der Waals surface area contributed by atoms with Crippen LogP contribution in [0.15, 0.2) is 101 Å². The van der Waals surface area contributed by atoms with E-state index in [1.54, 1.807) is 61.5 Å². The number of carbonyl (C=O) groups excluding carboxylic acids is 2. The van der Waals surface area contributed by atoms with Crippen molar-refractivity contribution in [1.82, 2.24) is 5.43 Å². The number of ether oxygens (including phenoxy) is 4. The molecule has 0 atom stereocenters. The van der Waals surface area contributed by atoms with Crippen molar-refractivity contribution >= 4 is 38.9 Å². The first-order chi connectivity index (χ1) is 22.1. The van der Waals surface area contributed by atoms with Crippen LogP contribution >= 0.6 is 0 Å². The number of hydrogen-bond donors (Lipinski definition) is 2. The third-order valence-electron chi connectivity index (χ3n) is 6.81. The average molecular weight is 647 g/mol. The lowest BCUT2D eigenvalue weighted by molar-refractivity contribution is -0.119. The van der Waals surface area contributed by atoms with Crippen LogP contribution in [0.3, 0.4) is 0 Å². The van der Waals surface area contributed by atoms with Gasteiger partial charge in [-0.05, 0) is 61.0 Å². The summed E-state index contributed by atoms with van der Waals surface area (Å²) >= 11 is 0. The van der Waals surface area contributed by atoms with Crippen LogP contribution in [0.25, 0.3) is 0 Å². The van der Waals surface area contributed by atoms with Crippen molar-refractivity contribution in [3.05, 3.63) is 102 Å². The molecule has 0 spiro atoms. The summed E-state index contributed by atoms with van der Waals surface area (Å²) in [4.78, 5) is 25.7. The van der Waals surface area contributed by atoms with Crippen LogP contribution in [0.5, 0.6) is 23.0 Å². The highest BCUT2D eigenvalue weighted by Gasteiger charge is 2.31. The number of hydrogen-bond acceptors (Lipinski definition) is 9. The molecular weight excluding hydrogens is 612 g/mol. The minimum atomic E-state index is -4.38. The second-order valence-electron chi connectivity index (χ2n) is 9.70. The number of sulfonamides is 1. The Kier molecular flexibility index (Phi) is 10.8. The third-order valence-corrected chi connectivity index (χ3v) is 8.56. The van der Waals surface area contributed by atoms with Crippen molar-refractivity contribution in [2.75, 3.05) is 44.6 Å². The highest BCUT2D eigenvalue weighted by Crippen LogP contribution is 2.37. The normalized spacial score (nSPS) is 11.3. The van der Waals surface area contributed by atoms with Crippen molar-refractivity contribution in [2.24, 2.45) is 5.10 Å². The minimum Gasteiger partial charge on any atom is -0.497 e. The van der Waals surface area contributed by atoms with E-state index in [1.165, 1.54) is 58.8 Å². The largest absolute Gasteiger partial charge is 0.497 e. The average Bonchev–Trinajstić information content (AvgIpc) is 3.09. The van der Waals surface area contributed by atoms with Gasteiger partial charge >= 0.3 is 0 Å². The summed E-state index contributed by atoms with van der Waals surface area (Å²) in [6.45, 7) is 1.01. The number of rotatable bonds is 13. The molecule has 0 bridgehead atoms. The van der Waals surface area contributed by atoms with Crippen LogP contribution in [0.4, 0.5) is 11.4 Å². The van der Waals surface area contributed by atoms with Gasteiger partial charge in [0.05, 0.1) is 44.7 Å². The first-order valence-corrected chi connectivity index (χ1v) is 15.3. The standard InChI is InChI=1S/C33H34N4O8S/c1-22(24-12-9-13-25(18-24)34-33(39)23-10-7-6-8-11-23)35-36-32(38)21-37(28-19-26(42-2)14-16-29(28)43-3)46(40,41)27-15-17-30(44-4)31(20-27)45-5/h6-20H,21H2,1-5H3,(H,34,39)(H,36,38)/b35-22-. The maximum Gasteiger partial charge on any atom is 0.265 e. The summed E-state index contributed by atoms with van der Waals surface area (Å²) in [7, 11) is 1.26. The molecule has 12 nitrogen and oxygen atoms in total. The first-order valence-electron chi connectivity index (χ1n) is 13.9. The van der Waals surface area contributed by atoms with Gasteiger partial charge in [0.15, 0.2) is 11.5 Å². The smallest absolute Gasteiger partial charge is 0.265 e. The molecule has 0 radical (unpaired) electrons. The number of nitrogens with one attached hydrogen (secondary N) is 2. The number of amides is 2. The Balaban J connectivity index is 1.61. The van der Waals surface area contributed by atoms with Gasteiger partial charge in [0.25, 0.3) is 21.8 Å². The Morgan fingerprint density at radius 1 is 0.739 bits per heavy atom.